The number of nitrogens with zero attached hydrogens (tertiary/aromatic N) is 1. The summed E-state index contributed by atoms with van der Waals surface area (Å²) in [5, 5.41) is 2.85. The first-order valence-electron chi connectivity index (χ1n) is 6.97. The smallest absolute Gasteiger partial charge is 0.265 e. The summed E-state index contributed by atoms with van der Waals surface area (Å²) in [6, 6.07) is 15.1. The predicted octanol–water partition coefficient (Wildman–Crippen LogP) is 3.92. The zero-order chi connectivity index (χ0) is 16.1. The van der Waals surface area contributed by atoms with Crippen LogP contribution < -0.4 is 15.0 Å². The van der Waals surface area contributed by atoms with Crippen molar-refractivity contribution in [2.45, 2.75) is 13.0 Å². The fourth-order valence-corrected chi connectivity index (χ4v) is 2.25. The van der Waals surface area contributed by atoms with Crippen LogP contribution >= 0.6 is 15.9 Å². The maximum Gasteiger partial charge on any atom is 0.265 e. The monoisotopic (exact) mass is 362 g/mol. The first-order valence-corrected chi connectivity index (χ1v) is 7.76. The number of benzene rings is 2. The van der Waals surface area contributed by atoms with Crippen LogP contribution in [0.15, 0.2) is 53.0 Å². The predicted molar refractivity (Wildman–Crippen MR) is 93.6 cm³/mol. The molecule has 1 unspecified atom stereocenters. The molecule has 0 saturated heterocycles. The van der Waals surface area contributed by atoms with Crippen molar-refractivity contribution in [1.29, 1.82) is 0 Å². The summed E-state index contributed by atoms with van der Waals surface area (Å²) in [6.07, 6.45) is -0.591. The van der Waals surface area contributed by atoms with Crippen LogP contribution in [0.25, 0.3) is 0 Å². The highest BCUT2D eigenvalue weighted by Gasteiger charge is 2.16. The highest BCUT2D eigenvalue weighted by Crippen LogP contribution is 2.25. The Hall–Kier alpha value is -2.01. The summed E-state index contributed by atoms with van der Waals surface area (Å²) in [5.41, 5.74) is 1.83. The van der Waals surface area contributed by atoms with Crippen LogP contribution in [0.3, 0.4) is 0 Å². The zero-order valence-corrected chi connectivity index (χ0v) is 14.4. The van der Waals surface area contributed by atoms with E-state index in [4.69, 9.17) is 4.74 Å². The largest absolute Gasteiger partial charge is 0.480 e. The maximum absolute atomic E-state index is 12.2. The number of carbonyl (C=O) groups is 1. The van der Waals surface area contributed by atoms with Gasteiger partial charge in [0.05, 0.1) is 4.47 Å². The number of hydrogen-bond donors (Lipinski definition) is 1. The first-order chi connectivity index (χ1) is 10.5. The average Bonchev–Trinajstić information content (AvgIpc) is 2.50. The Balaban J connectivity index is 1.98. The molecule has 0 aliphatic heterocycles. The lowest BCUT2D eigenvalue weighted by Crippen LogP contribution is -2.30. The molecule has 0 aliphatic rings. The maximum atomic E-state index is 12.2. The van der Waals surface area contributed by atoms with E-state index in [9.17, 15) is 4.79 Å². The van der Waals surface area contributed by atoms with Crippen molar-refractivity contribution in [3.05, 3.63) is 53.0 Å². The van der Waals surface area contributed by atoms with Gasteiger partial charge in [0.25, 0.3) is 5.91 Å². The minimum atomic E-state index is -0.591. The normalized spacial score (nSPS) is 11.6. The highest BCUT2D eigenvalue weighted by atomic mass is 79.9. The Labute approximate surface area is 139 Å². The fourth-order valence-electron chi connectivity index (χ4n) is 1.87. The van der Waals surface area contributed by atoms with Crippen LogP contribution in [0.4, 0.5) is 11.4 Å². The molecule has 4 nitrogen and oxygen atoms in total. The van der Waals surface area contributed by atoms with Gasteiger partial charge in [-0.2, -0.15) is 0 Å². The van der Waals surface area contributed by atoms with Gasteiger partial charge in [-0.3, -0.25) is 4.79 Å². The first kappa shape index (κ1) is 16.4. The van der Waals surface area contributed by atoms with Crippen LogP contribution in [0.2, 0.25) is 0 Å². The molecule has 2 aromatic carbocycles. The number of para-hydroxylation sites is 1. The second-order valence-electron chi connectivity index (χ2n) is 5.12. The number of anilines is 2. The van der Waals surface area contributed by atoms with Crippen molar-refractivity contribution in [1.82, 2.24) is 0 Å². The molecule has 0 heterocycles. The SMILES string of the molecule is CC(Oc1ccccc1Br)C(=O)Nc1ccc(N(C)C)cc1. The van der Waals surface area contributed by atoms with E-state index in [2.05, 4.69) is 21.2 Å². The third kappa shape index (κ3) is 4.24. The molecule has 0 saturated carbocycles. The third-order valence-corrected chi connectivity index (χ3v) is 3.82. The van der Waals surface area contributed by atoms with Crippen molar-refractivity contribution in [2.75, 3.05) is 24.3 Å². The summed E-state index contributed by atoms with van der Waals surface area (Å²) < 4.78 is 6.50. The molecule has 1 atom stereocenters. The Bertz CT molecular complexity index is 641. The summed E-state index contributed by atoms with van der Waals surface area (Å²) in [5.74, 6) is 0.460. The van der Waals surface area contributed by atoms with Crippen LogP contribution in [0.1, 0.15) is 6.92 Å². The van der Waals surface area contributed by atoms with E-state index in [0.717, 1.165) is 15.8 Å². The van der Waals surface area contributed by atoms with Crippen molar-refractivity contribution >= 4 is 33.2 Å². The zero-order valence-electron chi connectivity index (χ0n) is 12.8. The van der Waals surface area contributed by atoms with E-state index in [0.29, 0.717) is 5.75 Å². The topological polar surface area (TPSA) is 41.6 Å². The highest BCUT2D eigenvalue weighted by molar-refractivity contribution is 9.10. The lowest BCUT2D eigenvalue weighted by molar-refractivity contribution is -0.122. The van der Waals surface area contributed by atoms with Gasteiger partial charge in [-0.15, -0.1) is 0 Å². The quantitative estimate of drug-likeness (QED) is 0.876. The number of hydrogen-bond acceptors (Lipinski definition) is 3. The third-order valence-electron chi connectivity index (χ3n) is 3.16. The van der Waals surface area contributed by atoms with Crippen LogP contribution in [0.5, 0.6) is 5.75 Å². The van der Waals surface area contributed by atoms with E-state index < -0.39 is 6.10 Å². The van der Waals surface area contributed by atoms with Crippen molar-refractivity contribution in [3.63, 3.8) is 0 Å². The summed E-state index contributed by atoms with van der Waals surface area (Å²) >= 11 is 3.40. The van der Waals surface area contributed by atoms with Gasteiger partial charge in [-0.05, 0) is 59.3 Å². The standard InChI is InChI=1S/C17H19BrN2O2/c1-12(22-16-7-5-4-6-15(16)18)17(21)19-13-8-10-14(11-9-13)20(2)3/h4-12H,1-3H3,(H,19,21). The minimum absolute atomic E-state index is 0.187. The van der Waals surface area contributed by atoms with E-state index in [-0.39, 0.29) is 5.91 Å². The Morgan fingerprint density at radius 1 is 1.14 bits per heavy atom. The van der Waals surface area contributed by atoms with E-state index in [1.165, 1.54) is 0 Å². The van der Waals surface area contributed by atoms with Gasteiger partial charge in [0.2, 0.25) is 0 Å². The molecule has 0 fully saturated rings. The van der Waals surface area contributed by atoms with E-state index in [1.54, 1.807) is 6.92 Å². The second kappa shape index (κ2) is 7.31. The lowest BCUT2D eigenvalue weighted by Gasteiger charge is -2.16. The molecule has 0 aliphatic carbocycles. The fraction of sp³-hybridized carbons (Fsp3) is 0.235. The van der Waals surface area contributed by atoms with Gasteiger partial charge >= 0.3 is 0 Å². The number of nitrogens with one attached hydrogen (secondary N) is 1. The molecular weight excluding hydrogens is 344 g/mol. The average molecular weight is 363 g/mol. The molecule has 0 aromatic heterocycles. The molecule has 5 heteroatoms. The Morgan fingerprint density at radius 3 is 2.36 bits per heavy atom. The second-order valence-corrected chi connectivity index (χ2v) is 5.98. The van der Waals surface area contributed by atoms with Crippen molar-refractivity contribution in [3.8, 4) is 5.75 Å². The molecule has 1 amide bonds. The van der Waals surface area contributed by atoms with Gasteiger partial charge < -0.3 is 15.0 Å². The molecular formula is C17H19BrN2O2. The van der Waals surface area contributed by atoms with Gasteiger partial charge in [-0.1, -0.05) is 12.1 Å². The Kier molecular flexibility index (Phi) is 5.44. The van der Waals surface area contributed by atoms with E-state index >= 15 is 0 Å². The van der Waals surface area contributed by atoms with Crippen molar-refractivity contribution < 1.29 is 9.53 Å². The molecule has 22 heavy (non-hydrogen) atoms. The van der Waals surface area contributed by atoms with Gasteiger partial charge in [0, 0.05) is 25.5 Å². The number of rotatable bonds is 5. The van der Waals surface area contributed by atoms with Crippen LogP contribution in [-0.2, 0) is 4.79 Å². The van der Waals surface area contributed by atoms with E-state index in [1.807, 2.05) is 67.5 Å². The molecule has 116 valence electrons. The molecule has 0 bridgehead atoms. The van der Waals surface area contributed by atoms with Gasteiger partial charge in [-0.25, -0.2) is 0 Å². The molecule has 2 aromatic rings. The molecule has 2 rings (SSSR count). The Morgan fingerprint density at radius 2 is 1.77 bits per heavy atom. The van der Waals surface area contributed by atoms with Crippen molar-refractivity contribution in [2.24, 2.45) is 0 Å². The lowest BCUT2D eigenvalue weighted by atomic mass is 10.2. The number of ether oxygens (including phenoxy) is 1. The van der Waals surface area contributed by atoms with Crippen LogP contribution in [0, 0.1) is 0 Å². The minimum Gasteiger partial charge on any atom is -0.480 e. The van der Waals surface area contributed by atoms with Gasteiger partial charge in [0.1, 0.15) is 5.75 Å². The number of amides is 1. The number of halogens is 1. The van der Waals surface area contributed by atoms with Gasteiger partial charge in [0.15, 0.2) is 6.10 Å². The number of carbonyl (C=O) groups excluding carboxylic acids is 1. The summed E-state index contributed by atoms with van der Waals surface area (Å²) in [4.78, 5) is 14.2. The molecule has 0 radical (unpaired) electrons. The molecule has 0 spiro atoms. The summed E-state index contributed by atoms with van der Waals surface area (Å²) in [6.45, 7) is 1.73. The molecule has 1 N–H and O–H groups in total. The summed E-state index contributed by atoms with van der Waals surface area (Å²) in [7, 11) is 3.95. The van der Waals surface area contributed by atoms with Crippen LogP contribution in [-0.4, -0.2) is 26.1 Å².